The van der Waals surface area contributed by atoms with Crippen molar-refractivity contribution in [3.05, 3.63) is 0 Å². The second-order valence-electron chi connectivity index (χ2n) is 4.01. The predicted octanol–water partition coefficient (Wildman–Crippen LogP) is 1.79. The summed E-state index contributed by atoms with van der Waals surface area (Å²) >= 11 is 0. The summed E-state index contributed by atoms with van der Waals surface area (Å²) in [6.45, 7) is -1.80. The van der Waals surface area contributed by atoms with Crippen molar-refractivity contribution < 1.29 is 31.2 Å². The topological polar surface area (TPSA) is 72.8 Å². The minimum absolute atomic E-state index is 0.0110. The van der Waals surface area contributed by atoms with Crippen LogP contribution in [0.15, 0.2) is 0 Å². The molecule has 0 unspecified atom stereocenters. The second kappa shape index (κ2) is 6.03. The van der Waals surface area contributed by atoms with Gasteiger partial charge in [0.1, 0.15) is 13.4 Å². The molecule has 1 aliphatic rings. The molecule has 0 aromatic carbocycles. The highest BCUT2D eigenvalue weighted by Crippen LogP contribution is 2.22. The standard InChI is InChI=1S/C9H16F2O5S/c10-9(11,17(12,13)14)6-15-7-16-8-4-2-1-3-5-8/h8H,1-7H2,(H,12,13,14). The van der Waals surface area contributed by atoms with Crippen LogP contribution in [0, 0.1) is 0 Å². The van der Waals surface area contributed by atoms with E-state index in [4.69, 9.17) is 9.29 Å². The molecule has 17 heavy (non-hydrogen) atoms. The first-order chi connectivity index (χ1) is 7.83. The van der Waals surface area contributed by atoms with Crippen molar-refractivity contribution in [2.24, 2.45) is 0 Å². The molecule has 0 aromatic heterocycles. The van der Waals surface area contributed by atoms with Gasteiger partial charge in [0.25, 0.3) is 0 Å². The molecular formula is C9H16F2O5S. The number of hydrogen-bond acceptors (Lipinski definition) is 4. The highest BCUT2D eigenvalue weighted by Gasteiger charge is 2.44. The maximum Gasteiger partial charge on any atom is 0.392 e. The molecule has 0 radical (unpaired) electrons. The lowest BCUT2D eigenvalue weighted by molar-refractivity contribution is -0.128. The van der Waals surface area contributed by atoms with Crippen molar-refractivity contribution in [2.45, 2.75) is 43.5 Å². The van der Waals surface area contributed by atoms with Crippen LogP contribution in [0.4, 0.5) is 8.78 Å². The zero-order valence-corrected chi connectivity index (χ0v) is 10.1. The molecule has 102 valence electrons. The summed E-state index contributed by atoms with van der Waals surface area (Å²) in [5, 5.41) is -4.29. The molecule has 0 aliphatic heterocycles. The minimum atomic E-state index is -5.42. The fourth-order valence-corrected chi connectivity index (χ4v) is 1.84. The molecule has 8 heteroatoms. The zero-order valence-electron chi connectivity index (χ0n) is 9.27. The van der Waals surface area contributed by atoms with Crippen LogP contribution in [-0.4, -0.2) is 37.7 Å². The Bertz CT molecular complexity index is 324. The highest BCUT2D eigenvalue weighted by molar-refractivity contribution is 7.86. The largest absolute Gasteiger partial charge is 0.392 e. The van der Waals surface area contributed by atoms with Gasteiger partial charge in [-0.15, -0.1) is 0 Å². The van der Waals surface area contributed by atoms with E-state index in [0.717, 1.165) is 32.1 Å². The zero-order chi connectivity index (χ0) is 12.9. The minimum Gasteiger partial charge on any atom is -0.352 e. The molecule has 0 aromatic rings. The SMILES string of the molecule is O=S(=O)(O)C(F)(F)COCOC1CCCCC1. The first-order valence-corrected chi connectivity index (χ1v) is 6.81. The molecule has 0 saturated heterocycles. The van der Waals surface area contributed by atoms with Crippen LogP contribution in [0.25, 0.3) is 0 Å². The lowest BCUT2D eigenvalue weighted by atomic mass is 9.98. The van der Waals surface area contributed by atoms with E-state index in [2.05, 4.69) is 4.74 Å². The van der Waals surface area contributed by atoms with E-state index in [1.807, 2.05) is 0 Å². The Morgan fingerprint density at radius 2 is 1.82 bits per heavy atom. The maximum atomic E-state index is 12.7. The Kier molecular flexibility index (Phi) is 5.23. The third kappa shape index (κ3) is 4.82. The van der Waals surface area contributed by atoms with Crippen molar-refractivity contribution in [2.75, 3.05) is 13.4 Å². The molecule has 0 bridgehead atoms. The van der Waals surface area contributed by atoms with E-state index in [0.29, 0.717) is 0 Å². The molecule has 0 heterocycles. The van der Waals surface area contributed by atoms with Crippen LogP contribution >= 0.6 is 0 Å². The molecule has 5 nitrogen and oxygen atoms in total. The summed E-state index contributed by atoms with van der Waals surface area (Å²) in [4.78, 5) is 0. The van der Waals surface area contributed by atoms with Crippen molar-refractivity contribution in [1.29, 1.82) is 0 Å². The Morgan fingerprint density at radius 3 is 2.35 bits per heavy atom. The fourth-order valence-electron chi connectivity index (χ4n) is 1.61. The number of ether oxygens (including phenoxy) is 2. The van der Waals surface area contributed by atoms with Crippen LogP contribution in [0.3, 0.4) is 0 Å². The Morgan fingerprint density at radius 1 is 1.24 bits per heavy atom. The van der Waals surface area contributed by atoms with Crippen molar-refractivity contribution in [1.82, 2.24) is 0 Å². The average molecular weight is 274 g/mol. The predicted molar refractivity (Wildman–Crippen MR) is 55.3 cm³/mol. The van der Waals surface area contributed by atoms with Gasteiger partial charge < -0.3 is 9.47 Å². The first-order valence-electron chi connectivity index (χ1n) is 5.37. The lowest BCUT2D eigenvalue weighted by Crippen LogP contribution is -2.34. The number of alkyl halides is 2. The molecule has 0 spiro atoms. The van der Waals surface area contributed by atoms with Crippen molar-refractivity contribution in [3.8, 4) is 0 Å². The normalized spacial score (nSPS) is 19.5. The van der Waals surface area contributed by atoms with Crippen molar-refractivity contribution in [3.63, 3.8) is 0 Å². The van der Waals surface area contributed by atoms with E-state index in [9.17, 15) is 17.2 Å². The van der Waals surface area contributed by atoms with E-state index in [-0.39, 0.29) is 6.10 Å². The van der Waals surface area contributed by atoms with Gasteiger partial charge in [-0.1, -0.05) is 19.3 Å². The second-order valence-corrected chi connectivity index (χ2v) is 5.55. The average Bonchev–Trinajstić information content (AvgIpc) is 2.24. The number of halogens is 2. The monoisotopic (exact) mass is 274 g/mol. The van der Waals surface area contributed by atoms with E-state index < -0.39 is 28.8 Å². The number of rotatable bonds is 6. The van der Waals surface area contributed by atoms with Gasteiger partial charge in [0.2, 0.25) is 0 Å². The van der Waals surface area contributed by atoms with Crippen LogP contribution in [0.1, 0.15) is 32.1 Å². The van der Waals surface area contributed by atoms with Crippen molar-refractivity contribution >= 4 is 10.1 Å². The molecule has 0 atom stereocenters. The van der Waals surface area contributed by atoms with Gasteiger partial charge in [0.05, 0.1) is 6.10 Å². The van der Waals surface area contributed by atoms with Gasteiger partial charge in [-0.05, 0) is 12.8 Å². The van der Waals surface area contributed by atoms with Gasteiger partial charge in [-0.3, -0.25) is 4.55 Å². The van der Waals surface area contributed by atoms with E-state index >= 15 is 0 Å². The third-order valence-corrected chi connectivity index (χ3v) is 3.46. The molecule has 1 fully saturated rings. The highest BCUT2D eigenvalue weighted by atomic mass is 32.2. The summed E-state index contributed by atoms with van der Waals surface area (Å²) in [7, 11) is -5.42. The first kappa shape index (κ1) is 14.7. The molecule has 1 aliphatic carbocycles. The molecule has 1 N–H and O–H groups in total. The summed E-state index contributed by atoms with van der Waals surface area (Å²) < 4.78 is 63.6. The molecule has 1 rings (SSSR count). The van der Waals surface area contributed by atoms with Gasteiger partial charge in [0.15, 0.2) is 0 Å². The fraction of sp³-hybridized carbons (Fsp3) is 1.00. The number of hydrogen-bond donors (Lipinski definition) is 1. The van der Waals surface area contributed by atoms with Gasteiger partial charge >= 0.3 is 15.4 Å². The van der Waals surface area contributed by atoms with Crippen LogP contribution < -0.4 is 0 Å². The van der Waals surface area contributed by atoms with Crippen LogP contribution in [0.2, 0.25) is 0 Å². The van der Waals surface area contributed by atoms with Crippen LogP contribution in [0.5, 0.6) is 0 Å². The Hall–Kier alpha value is -0.310. The van der Waals surface area contributed by atoms with E-state index in [1.54, 1.807) is 0 Å². The summed E-state index contributed by atoms with van der Waals surface area (Å²) in [6.07, 6.45) is 4.91. The molecule has 0 amide bonds. The van der Waals surface area contributed by atoms with Gasteiger partial charge in [0, 0.05) is 0 Å². The molecular weight excluding hydrogens is 258 g/mol. The Balaban J connectivity index is 2.19. The van der Waals surface area contributed by atoms with Gasteiger partial charge in [-0.25, -0.2) is 0 Å². The quantitative estimate of drug-likeness (QED) is 0.454. The molecule has 1 saturated carbocycles. The smallest absolute Gasteiger partial charge is 0.352 e. The maximum absolute atomic E-state index is 12.7. The van der Waals surface area contributed by atoms with Crippen LogP contribution in [-0.2, 0) is 19.6 Å². The van der Waals surface area contributed by atoms with E-state index in [1.165, 1.54) is 0 Å². The third-order valence-electron chi connectivity index (χ3n) is 2.59. The lowest BCUT2D eigenvalue weighted by Gasteiger charge is -2.22. The summed E-state index contributed by atoms with van der Waals surface area (Å²) in [5.74, 6) is 0. The Labute approximate surface area is 98.8 Å². The summed E-state index contributed by atoms with van der Waals surface area (Å²) in [6, 6.07) is 0. The summed E-state index contributed by atoms with van der Waals surface area (Å²) in [5.41, 5.74) is 0. The van der Waals surface area contributed by atoms with Gasteiger partial charge in [-0.2, -0.15) is 17.2 Å².